The zero-order chi connectivity index (χ0) is 23.6. The zero-order valence-electron chi connectivity index (χ0n) is 17.4. The maximum atomic E-state index is 13.0. The number of alkyl halides is 3. The van der Waals surface area contributed by atoms with Crippen LogP contribution in [0.1, 0.15) is 23.2 Å². The number of benzene rings is 2. The van der Waals surface area contributed by atoms with Gasteiger partial charge in [0.15, 0.2) is 0 Å². The molecule has 0 aliphatic carbocycles. The van der Waals surface area contributed by atoms with Crippen LogP contribution in [0, 0.1) is 0 Å². The maximum Gasteiger partial charge on any atom is 0.416 e. The van der Waals surface area contributed by atoms with Crippen LogP contribution in [0.4, 0.5) is 13.2 Å². The van der Waals surface area contributed by atoms with Crippen LogP contribution in [0.15, 0.2) is 58.7 Å². The highest BCUT2D eigenvalue weighted by atomic mass is 32.1. The lowest BCUT2D eigenvalue weighted by Crippen LogP contribution is -2.26. The molecule has 0 amide bonds. The van der Waals surface area contributed by atoms with E-state index in [0.717, 1.165) is 12.1 Å². The molecule has 2 heterocycles. The van der Waals surface area contributed by atoms with Gasteiger partial charge < -0.3 is 4.74 Å². The number of thiazole rings is 1. The summed E-state index contributed by atoms with van der Waals surface area (Å²) in [6, 6.07) is 11.6. The summed E-state index contributed by atoms with van der Waals surface area (Å²) in [6.45, 7) is 2.01. The third-order valence-electron chi connectivity index (χ3n) is 4.91. The molecule has 0 fully saturated rings. The molecule has 0 spiro atoms. The molecular formula is C23H18F3N3O3S. The van der Waals surface area contributed by atoms with Crippen molar-refractivity contribution in [3.8, 4) is 11.3 Å². The van der Waals surface area contributed by atoms with E-state index in [9.17, 15) is 22.8 Å². The van der Waals surface area contributed by atoms with Gasteiger partial charge in [0.05, 0.1) is 41.9 Å². The summed E-state index contributed by atoms with van der Waals surface area (Å²) in [6.07, 6.45) is -4.49. The molecule has 0 bridgehead atoms. The molecule has 0 N–H and O–H groups in total. The third kappa shape index (κ3) is 4.95. The summed E-state index contributed by atoms with van der Waals surface area (Å²) in [7, 11) is 0. The van der Waals surface area contributed by atoms with E-state index in [2.05, 4.69) is 10.1 Å². The van der Waals surface area contributed by atoms with E-state index >= 15 is 0 Å². The molecule has 4 rings (SSSR count). The second-order valence-electron chi connectivity index (χ2n) is 7.14. The van der Waals surface area contributed by atoms with Gasteiger partial charge in [-0.3, -0.25) is 9.59 Å². The van der Waals surface area contributed by atoms with Gasteiger partial charge in [-0.25, -0.2) is 9.67 Å². The molecule has 2 aromatic heterocycles. The van der Waals surface area contributed by atoms with Crippen molar-refractivity contribution >= 4 is 28.1 Å². The van der Waals surface area contributed by atoms with E-state index < -0.39 is 17.7 Å². The number of fused-ring (bicyclic) bond motifs is 1. The fourth-order valence-corrected chi connectivity index (χ4v) is 4.15. The van der Waals surface area contributed by atoms with Gasteiger partial charge in [0.25, 0.3) is 5.56 Å². The SMILES string of the molecule is CCOC(=O)Cc1nn(Cc2nc(-c3ccc(C(F)(F)F)cc3)cs2)c(=O)c2ccccc12. The first-order valence-corrected chi connectivity index (χ1v) is 10.9. The van der Waals surface area contributed by atoms with E-state index in [1.54, 1.807) is 36.6 Å². The van der Waals surface area contributed by atoms with Crippen LogP contribution in [0.25, 0.3) is 22.0 Å². The lowest BCUT2D eigenvalue weighted by molar-refractivity contribution is -0.142. The average Bonchev–Trinajstić information content (AvgIpc) is 3.25. The number of rotatable bonds is 6. The molecule has 0 unspecified atom stereocenters. The summed E-state index contributed by atoms with van der Waals surface area (Å²) in [5.74, 6) is -0.445. The molecule has 6 nitrogen and oxygen atoms in total. The Bertz CT molecular complexity index is 1360. The van der Waals surface area contributed by atoms with Crippen molar-refractivity contribution in [1.82, 2.24) is 14.8 Å². The van der Waals surface area contributed by atoms with Crippen LogP contribution in [0.2, 0.25) is 0 Å². The van der Waals surface area contributed by atoms with Gasteiger partial charge in [0.1, 0.15) is 5.01 Å². The zero-order valence-corrected chi connectivity index (χ0v) is 18.2. The quantitative estimate of drug-likeness (QED) is 0.380. The normalized spacial score (nSPS) is 11.6. The lowest BCUT2D eigenvalue weighted by Gasteiger charge is -2.10. The molecule has 4 aromatic rings. The number of carbonyl (C=O) groups excluding carboxylic acids is 1. The number of hydrogen-bond donors (Lipinski definition) is 0. The average molecular weight is 473 g/mol. The van der Waals surface area contributed by atoms with Crippen molar-refractivity contribution in [3.05, 3.63) is 80.5 Å². The highest BCUT2D eigenvalue weighted by molar-refractivity contribution is 7.09. The summed E-state index contributed by atoms with van der Waals surface area (Å²) in [4.78, 5) is 29.4. The predicted molar refractivity (Wildman–Crippen MR) is 118 cm³/mol. The Morgan fingerprint density at radius 3 is 2.45 bits per heavy atom. The second kappa shape index (κ2) is 9.14. The van der Waals surface area contributed by atoms with Gasteiger partial charge in [-0.05, 0) is 25.1 Å². The molecule has 0 atom stereocenters. The maximum absolute atomic E-state index is 13.0. The minimum atomic E-state index is -4.41. The highest BCUT2D eigenvalue weighted by Crippen LogP contribution is 2.31. The Kier molecular flexibility index (Phi) is 6.28. The minimum absolute atomic E-state index is 0.0603. The van der Waals surface area contributed by atoms with Crippen LogP contribution in [0.3, 0.4) is 0 Å². The molecule has 0 saturated heterocycles. The number of esters is 1. The van der Waals surface area contributed by atoms with Gasteiger partial charge in [0.2, 0.25) is 0 Å². The molecule has 33 heavy (non-hydrogen) atoms. The van der Waals surface area contributed by atoms with Crippen LogP contribution in [-0.2, 0) is 28.7 Å². The van der Waals surface area contributed by atoms with Crippen LogP contribution in [-0.4, -0.2) is 27.3 Å². The molecule has 0 saturated carbocycles. The lowest BCUT2D eigenvalue weighted by atomic mass is 10.1. The number of aromatic nitrogens is 3. The Labute approximate surface area is 190 Å². The molecule has 0 aliphatic rings. The topological polar surface area (TPSA) is 74.1 Å². The first kappa shape index (κ1) is 22.7. The van der Waals surface area contributed by atoms with Crippen molar-refractivity contribution in [1.29, 1.82) is 0 Å². The smallest absolute Gasteiger partial charge is 0.416 e. The molecule has 0 aliphatic heterocycles. The Morgan fingerprint density at radius 2 is 1.79 bits per heavy atom. The Hall–Kier alpha value is -3.53. The third-order valence-corrected chi connectivity index (χ3v) is 5.74. The van der Waals surface area contributed by atoms with E-state index in [1.165, 1.54) is 28.2 Å². The molecule has 0 radical (unpaired) electrons. The number of carbonyl (C=O) groups is 1. The predicted octanol–water partition coefficient (Wildman–Crippen LogP) is 4.69. The van der Waals surface area contributed by atoms with Gasteiger partial charge in [-0.15, -0.1) is 11.3 Å². The van der Waals surface area contributed by atoms with Crippen LogP contribution < -0.4 is 5.56 Å². The van der Waals surface area contributed by atoms with Crippen molar-refractivity contribution in [2.24, 2.45) is 0 Å². The van der Waals surface area contributed by atoms with Gasteiger partial charge >= 0.3 is 12.1 Å². The fraction of sp³-hybridized carbons (Fsp3) is 0.217. The van der Waals surface area contributed by atoms with Crippen LogP contribution in [0.5, 0.6) is 0 Å². The van der Waals surface area contributed by atoms with Crippen molar-refractivity contribution in [2.45, 2.75) is 26.1 Å². The number of ether oxygens (including phenoxy) is 1. The first-order valence-electron chi connectivity index (χ1n) is 10.0. The molecule has 170 valence electrons. The molecule has 2 aromatic carbocycles. The van der Waals surface area contributed by atoms with Gasteiger partial charge in [-0.1, -0.05) is 30.3 Å². The van der Waals surface area contributed by atoms with Crippen molar-refractivity contribution < 1.29 is 22.7 Å². The number of halogens is 3. The summed E-state index contributed by atoms with van der Waals surface area (Å²) < 4.78 is 44.6. The second-order valence-corrected chi connectivity index (χ2v) is 8.08. The highest BCUT2D eigenvalue weighted by Gasteiger charge is 2.30. The molecule has 10 heteroatoms. The van der Waals surface area contributed by atoms with Crippen molar-refractivity contribution in [2.75, 3.05) is 6.61 Å². The monoisotopic (exact) mass is 473 g/mol. The van der Waals surface area contributed by atoms with Gasteiger partial charge in [0, 0.05) is 16.3 Å². The summed E-state index contributed by atoms with van der Waals surface area (Å²) in [5, 5.41) is 7.65. The fourth-order valence-electron chi connectivity index (χ4n) is 3.37. The van der Waals surface area contributed by atoms with E-state index in [-0.39, 0.29) is 25.1 Å². The Balaban J connectivity index is 1.64. The Morgan fingerprint density at radius 1 is 1.09 bits per heavy atom. The first-order chi connectivity index (χ1) is 15.8. The summed E-state index contributed by atoms with van der Waals surface area (Å²) >= 11 is 1.27. The molecular weight excluding hydrogens is 455 g/mol. The van der Waals surface area contributed by atoms with Crippen LogP contribution >= 0.6 is 11.3 Å². The largest absolute Gasteiger partial charge is 0.466 e. The van der Waals surface area contributed by atoms with Gasteiger partial charge in [-0.2, -0.15) is 18.3 Å². The van der Waals surface area contributed by atoms with E-state index in [0.29, 0.717) is 32.7 Å². The number of nitrogens with zero attached hydrogens (tertiary/aromatic N) is 3. The minimum Gasteiger partial charge on any atom is -0.466 e. The standard InChI is InChI=1S/C23H18F3N3O3S/c1-2-32-21(30)11-18-16-5-3-4-6-17(16)22(31)29(28-18)12-20-27-19(13-33-20)14-7-9-15(10-8-14)23(24,25)26/h3-10,13H,2,11-12H2,1H3. The number of hydrogen-bond acceptors (Lipinski definition) is 6. The van der Waals surface area contributed by atoms with E-state index in [4.69, 9.17) is 4.74 Å². The summed E-state index contributed by atoms with van der Waals surface area (Å²) in [5.41, 5.74) is 0.395. The van der Waals surface area contributed by atoms with Crippen molar-refractivity contribution in [3.63, 3.8) is 0 Å². The van der Waals surface area contributed by atoms with E-state index in [1.807, 2.05) is 0 Å².